The van der Waals surface area contributed by atoms with E-state index in [1.54, 1.807) is 17.0 Å². The maximum absolute atomic E-state index is 12.2. The number of likely N-dealkylation sites (tertiary alicyclic amines) is 1. The van der Waals surface area contributed by atoms with Gasteiger partial charge in [-0.05, 0) is 30.9 Å². The highest BCUT2D eigenvalue weighted by molar-refractivity contribution is 5.94. The Morgan fingerprint density at radius 1 is 1.15 bits per heavy atom. The van der Waals surface area contributed by atoms with Crippen molar-refractivity contribution in [3.05, 3.63) is 35.9 Å². The number of carbonyl (C=O) groups is 3. The van der Waals surface area contributed by atoms with E-state index in [0.29, 0.717) is 31.5 Å². The number of piperidine rings is 1. The zero-order chi connectivity index (χ0) is 19.1. The Bertz CT molecular complexity index is 625. The highest BCUT2D eigenvalue weighted by Gasteiger charge is 2.25. The smallest absolute Gasteiger partial charge is 0.251 e. The van der Waals surface area contributed by atoms with Crippen molar-refractivity contribution in [1.82, 2.24) is 15.5 Å². The summed E-state index contributed by atoms with van der Waals surface area (Å²) in [7, 11) is 0. The lowest BCUT2D eigenvalue weighted by Crippen LogP contribution is -2.51. The topological polar surface area (TPSA) is 105 Å². The Morgan fingerprint density at radius 2 is 1.77 bits per heavy atom. The van der Waals surface area contributed by atoms with Crippen LogP contribution in [0.5, 0.6) is 0 Å². The monoisotopic (exact) mass is 360 g/mol. The molecule has 0 unspecified atom stereocenters. The van der Waals surface area contributed by atoms with Crippen molar-refractivity contribution in [2.24, 2.45) is 11.7 Å². The molecule has 7 heteroatoms. The summed E-state index contributed by atoms with van der Waals surface area (Å²) >= 11 is 0. The van der Waals surface area contributed by atoms with Gasteiger partial charge in [0, 0.05) is 24.7 Å². The van der Waals surface area contributed by atoms with E-state index in [0.717, 1.165) is 0 Å². The van der Waals surface area contributed by atoms with E-state index in [2.05, 4.69) is 10.6 Å². The number of rotatable bonds is 6. The van der Waals surface area contributed by atoms with Crippen molar-refractivity contribution < 1.29 is 14.4 Å². The predicted octanol–water partition coefficient (Wildman–Crippen LogP) is 0.507. The molecule has 1 atom stereocenters. The van der Waals surface area contributed by atoms with Crippen LogP contribution in [0.15, 0.2) is 30.3 Å². The van der Waals surface area contributed by atoms with E-state index in [1.807, 2.05) is 32.0 Å². The lowest BCUT2D eigenvalue weighted by molar-refractivity contribution is -0.134. The minimum Gasteiger partial charge on any atom is -0.349 e. The molecule has 1 saturated heterocycles. The molecule has 26 heavy (non-hydrogen) atoms. The number of carbonyl (C=O) groups excluding carboxylic acids is 3. The fourth-order valence-electron chi connectivity index (χ4n) is 2.83. The molecular weight excluding hydrogens is 332 g/mol. The zero-order valence-electron chi connectivity index (χ0n) is 15.4. The third-order valence-corrected chi connectivity index (χ3v) is 4.65. The summed E-state index contributed by atoms with van der Waals surface area (Å²) < 4.78 is 0. The average Bonchev–Trinajstić information content (AvgIpc) is 2.66. The Morgan fingerprint density at radius 3 is 2.35 bits per heavy atom. The SMILES string of the molecule is CC(C)[C@H](N)C(=O)NCC(=O)N1CCC(NC(=O)c2ccccc2)CC1. The van der Waals surface area contributed by atoms with Crippen molar-refractivity contribution in [2.75, 3.05) is 19.6 Å². The summed E-state index contributed by atoms with van der Waals surface area (Å²) in [6.45, 7) is 4.80. The first-order valence-electron chi connectivity index (χ1n) is 9.05. The molecule has 1 heterocycles. The fraction of sp³-hybridized carbons (Fsp3) is 0.526. The van der Waals surface area contributed by atoms with Crippen molar-refractivity contribution in [3.8, 4) is 0 Å². The van der Waals surface area contributed by atoms with E-state index in [4.69, 9.17) is 5.73 Å². The normalized spacial score (nSPS) is 16.2. The number of benzene rings is 1. The van der Waals surface area contributed by atoms with Crippen LogP contribution in [0.25, 0.3) is 0 Å². The molecule has 1 aliphatic heterocycles. The summed E-state index contributed by atoms with van der Waals surface area (Å²) in [6, 6.07) is 8.52. The molecule has 0 radical (unpaired) electrons. The van der Waals surface area contributed by atoms with E-state index in [9.17, 15) is 14.4 Å². The first kappa shape index (κ1) is 19.9. The first-order chi connectivity index (χ1) is 12.4. The second-order valence-corrected chi connectivity index (χ2v) is 6.98. The van der Waals surface area contributed by atoms with Gasteiger partial charge in [-0.25, -0.2) is 0 Å². The molecule has 0 saturated carbocycles. The van der Waals surface area contributed by atoms with Gasteiger partial charge < -0.3 is 21.3 Å². The van der Waals surface area contributed by atoms with E-state index < -0.39 is 6.04 Å². The van der Waals surface area contributed by atoms with Gasteiger partial charge in [0.1, 0.15) is 0 Å². The number of hydrogen-bond acceptors (Lipinski definition) is 4. The summed E-state index contributed by atoms with van der Waals surface area (Å²) in [6.07, 6.45) is 1.40. The van der Waals surface area contributed by atoms with E-state index in [1.165, 1.54) is 0 Å². The summed E-state index contributed by atoms with van der Waals surface area (Å²) in [5.74, 6) is -0.500. The number of hydrogen-bond donors (Lipinski definition) is 3. The molecule has 0 aliphatic carbocycles. The van der Waals surface area contributed by atoms with Gasteiger partial charge in [0.25, 0.3) is 5.91 Å². The van der Waals surface area contributed by atoms with Crippen LogP contribution in [0, 0.1) is 5.92 Å². The standard InChI is InChI=1S/C19H28N4O3/c1-13(2)17(20)19(26)21-12-16(24)23-10-8-15(9-11-23)22-18(25)14-6-4-3-5-7-14/h3-7,13,15,17H,8-12,20H2,1-2H3,(H,21,26)(H,22,25)/t17-/m0/s1. The van der Waals surface area contributed by atoms with Crippen LogP contribution >= 0.6 is 0 Å². The van der Waals surface area contributed by atoms with Crippen LogP contribution in [-0.2, 0) is 9.59 Å². The van der Waals surface area contributed by atoms with Crippen molar-refractivity contribution >= 4 is 17.7 Å². The van der Waals surface area contributed by atoms with Crippen LogP contribution in [0.1, 0.15) is 37.0 Å². The van der Waals surface area contributed by atoms with Crippen molar-refractivity contribution in [3.63, 3.8) is 0 Å². The molecule has 1 aliphatic rings. The predicted molar refractivity (Wildman–Crippen MR) is 99.3 cm³/mol. The van der Waals surface area contributed by atoms with Crippen molar-refractivity contribution in [2.45, 2.75) is 38.8 Å². The number of nitrogens with zero attached hydrogens (tertiary/aromatic N) is 1. The van der Waals surface area contributed by atoms with Crippen LogP contribution < -0.4 is 16.4 Å². The minimum atomic E-state index is -0.610. The van der Waals surface area contributed by atoms with Crippen LogP contribution in [0.3, 0.4) is 0 Å². The zero-order valence-corrected chi connectivity index (χ0v) is 15.4. The Hall–Kier alpha value is -2.41. The van der Waals surface area contributed by atoms with Crippen molar-refractivity contribution in [1.29, 1.82) is 0 Å². The first-order valence-corrected chi connectivity index (χ1v) is 9.05. The number of amides is 3. The lowest BCUT2D eigenvalue weighted by Gasteiger charge is -2.32. The molecule has 142 valence electrons. The second-order valence-electron chi connectivity index (χ2n) is 6.98. The molecule has 1 aromatic rings. The molecule has 0 aromatic heterocycles. The Kier molecular flexibility index (Phi) is 7.15. The van der Waals surface area contributed by atoms with E-state index >= 15 is 0 Å². The number of nitrogens with two attached hydrogens (primary N) is 1. The lowest BCUT2D eigenvalue weighted by atomic mass is 10.0. The van der Waals surface area contributed by atoms with Gasteiger partial charge in [-0.15, -0.1) is 0 Å². The van der Waals surface area contributed by atoms with E-state index in [-0.39, 0.29) is 36.2 Å². The van der Waals surface area contributed by atoms with Gasteiger partial charge in [-0.1, -0.05) is 32.0 Å². The van der Waals surface area contributed by atoms with Gasteiger partial charge in [0.15, 0.2) is 0 Å². The summed E-state index contributed by atoms with van der Waals surface area (Å²) in [5, 5.41) is 5.61. The molecule has 0 bridgehead atoms. The van der Waals surface area contributed by atoms with Crippen LogP contribution in [0.4, 0.5) is 0 Å². The summed E-state index contributed by atoms with van der Waals surface area (Å²) in [4.78, 5) is 37.9. The molecule has 4 N–H and O–H groups in total. The van der Waals surface area contributed by atoms with Gasteiger partial charge in [-0.3, -0.25) is 14.4 Å². The molecule has 3 amide bonds. The Labute approximate surface area is 154 Å². The van der Waals surface area contributed by atoms with Gasteiger partial charge in [-0.2, -0.15) is 0 Å². The highest BCUT2D eigenvalue weighted by Crippen LogP contribution is 2.11. The fourth-order valence-corrected chi connectivity index (χ4v) is 2.83. The summed E-state index contributed by atoms with van der Waals surface area (Å²) in [5.41, 5.74) is 6.39. The molecular formula is C19H28N4O3. The van der Waals surface area contributed by atoms with Gasteiger partial charge in [0.2, 0.25) is 11.8 Å². The maximum Gasteiger partial charge on any atom is 0.251 e. The largest absolute Gasteiger partial charge is 0.349 e. The molecule has 0 spiro atoms. The number of nitrogens with one attached hydrogen (secondary N) is 2. The van der Waals surface area contributed by atoms with Crippen LogP contribution in [-0.4, -0.2) is 54.3 Å². The third kappa shape index (κ3) is 5.56. The quantitative estimate of drug-likeness (QED) is 0.687. The minimum absolute atomic E-state index is 0.0223. The molecule has 7 nitrogen and oxygen atoms in total. The maximum atomic E-state index is 12.2. The van der Waals surface area contributed by atoms with Gasteiger partial charge in [0.05, 0.1) is 12.6 Å². The average molecular weight is 360 g/mol. The molecule has 2 rings (SSSR count). The third-order valence-electron chi connectivity index (χ3n) is 4.65. The Balaban J connectivity index is 1.73. The molecule has 1 aromatic carbocycles. The molecule has 1 fully saturated rings. The highest BCUT2D eigenvalue weighted by atomic mass is 16.2. The van der Waals surface area contributed by atoms with Crippen LogP contribution in [0.2, 0.25) is 0 Å². The van der Waals surface area contributed by atoms with Gasteiger partial charge >= 0.3 is 0 Å². The second kappa shape index (κ2) is 9.33.